The lowest BCUT2D eigenvalue weighted by molar-refractivity contribution is -0.129. The van der Waals surface area contributed by atoms with Crippen LogP contribution in [-0.4, -0.2) is 23.6 Å². The van der Waals surface area contributed by atoms with Gasteiger partial charge in [-0.25, -0.2) is 14.3 Å². The molecule has 0 aliphatic rings. The summed E-state index contributed by atoms with van der Waals surface area (Å²) in [5.41, 5.74) is 6.08. The zero-order chi connectivity index (χ0) is 27.5. The van der Waals surface area contributed by atoms with E-state index in [1.54, 1.807) is 29.7 Å². The lowest BCUT2D eigenvalue weighted by Crippen LogP contribution is -2.24. The monoisotopic (exact) mass is 524 g/mol. The first-order valence-electron chi connectivity index (χ1n) is 12.7. The Hall–Kier alpha value is -3.62. The number of benzene rings is 3. The molecule has 0 saturated carbocycles. The molecule has 0 heterocycles. The normalized spacial score (nSPS) is 11.0. The molecule has 0 aliphatic carbocycles. The number of hydrogen-bond donors (Lipinski definition) is 3. The van der Waals surface area contributed by atoms with E-state index in [9.17, 15) is 18.4 Å². The number of nitrogens with one attached hydrogen (secondary N) is 2. The van der Waals surface area contributed by atoms with Crippen molar-refractivity contribution >= 4 is 11.8 Å². The summed E-state index contributed by atoms with van der Waals surface area (Å²) >= 11 is 0. The van der Waals surface area contributed by atoms with Crippen LogP contribution in [0.2, 0.25) is 0 Å². The van der Waals surface area contributed by atoms with Crippen LogP contribution in [0.4, 0.5) is 8.78 Å². The second-order valence-electron chi connectivity index (χ2n) is 9.34. The number of ether oxygens (including phenoxy) is 1. The van der Waals surface area contributed by atoms with Gasteiger partial charge in [0.2, 0.25) is 5.91 Å². The Kier molecular flexibility index (Phi) is 10.9. The SMILES string of the molecule is Cc1cc(F)ccc1C(OCc1ccc(C(=O)NCCCCCCC(=O)NO)cc1)c1ccc(F)cc1C. The Morgan fingerprint density at radius 1 is 0.842 bits per heavy atom. The fourth-order valence-electron chi connectivity index (χ4n) is 4.27. The van der Waals surface area contributed by atoms with Crippen molar-refractivity contribution < 1.29 is 28.3 Å². The van der Waals surface area contributed by atoms with Crippen LogP contribution < -0.4 is 10.8 Å². The number of hydrogen-bond acceptors (Lipinski definition) is 4. The predicted octanol–water partition coefficient (Wildman–Crippen LogP) is 6.07. The van der Waals surface area contributed by atoms with Gasteiger partial charge in [-0.15, -0.1) is 0 Å². The molecule has 0 aliphatic heterocycles. The molecule has 0 bridgehead atoms. The molecule has 0 fully saturated rings. The van der Waals surface area contributed by atoms with Crippen LogP contribution in [-0.2, 0) is 16.1 Å². The molecule has 3 rings (SSSR count). The Morgan fingerprint density at radius 2 is 1.42 bits per heavy atom. The zero-order valence-corrected chi connectivity index (χ0v) is 21.7. The van der Waals surface area contributed by atoms with Gasteiger partial charge < -0.3 is 10.1 Å². The van der Waals surface area contributed by atoms with Crippen LogP contribution in [0.15, 0.2) is 60.7 Å². The number of hydroxylamine groups is 1. The predicted molar refractivity (Wildman–Crippen MR) is 141 cm³/mol. The van der Waals surface area contributed by atoms with Crippen molar-refractivity contribution in [1.29, 1.82) is 0 Å². The highest BCUT2D eigenvalue weighted by molar-refractivity contribution is 5.94. The summed E-state index contributed by atoms with van der Waals surface area (Å²) in [6, 6.07) is 16.2. The van der Waals surface area contributed by atoms with E-state index in [1.807, 2.05) is 26.0 Å². The molecule has 3 N–H and O–H groups in total. The minimum Gasteiger partial charge on any atom is -0.364 e. The maximum atomic E-state index is 13.7. The maximum Gasteiger partial charge on any atom is 0.251 e. The topological polar surface area (TPSA) is 87.7 Å². The second-order valence-corrected chi connectivity index (χ2v) is 9.34. The van der Waals surface area contributed by atoms with Crippen molar-refractivity contribution in [3.63, 3.8) is 0 Å². The van der Waals surface area contributed by atoms with Gasteiger partial charge in [-0.05, 0) is 90.9 Å². The summed E-state index contributed by atoms with van der Waals surface area (Å²) in [5.74, 6) is -1.22. The highest BCUT2D eigenvalue weighted by atomic mass is 19.1. The minimum absolute atomic E-state index is 0.168. The van der Waals surface area contributed by atoms with Gasteiger partial charge in [-0.1, -0.05) is 37.1 Å². The largest absolute Gasteiger partial charge is 0.364 e. The van der Waals surface area contributed by atoms with Crippen LogP contribution in [0.25, 0.3) is 0 Å². The van der Waals surface area contributed by atoms with Crippen LogP contribution in [0.1, 0.15) is 76.4 Å². The molecular formula is C30H34F2N2O4. The standard InChI is InChI=1S/C30H34F2N2O4/c1-20-17-24(31)12-14-26(20)29(27-15-13-25(32)18-21(27)2)38-19-22-8-10-23(11-9-22)30(36)33-16-6-4-3-5-7-28(35)34-37/h8-15,17-18,29,37H,3-7,16,19H2,1-2H3,(H,33,36)(H,34,35). The van der Waals surface area contributed by atoms with Crippen LogP contribution in [0.3, 0.4) is 0 Å². The van der Waals surface area contributed by atoms with Gasteiger partial charge in [-0.2, -0.15) is 0 Å². The molecule has 0 atom stereocenters. The maximum absolute atomic E-state index is 13.7. The Morgan fingerprint density at radius 3 is 1.97 bits per heavy atom. The summed E-state index contributed by atoms with van der Waals surface area (Å²) in [6.45, 7) is 4.41. The molecule has 8 heteroatoms. The lowest BCUT2D eigenvalue weighted by atomic mass is 9.94. The molecule has 202 valence electrons. The highest BCUT2D eigenvalue weighted by Gasteiger charge is 2.20. The van der Waals surface area contributed by atoms with Gasteiger partial charge in [0.1, 0.15) is 17.7 Å². The van der Waals surface area contributed by atoms with E-state index in [4.69, 9.17) is 9.94 Å². The number of rotatable bonds is 13. The Labute approximate surface area is 222 Å². The second kappa shape index (κ2) is 14.4. The van der Waals surface area contributed by atoms with Gasteiger partial charge in [0.05, 0.1) is 6.61 Å². The molecule has 3 aromatic rings. The number of carbonyl (C=O) groups is 2. The zero-order valence-electron chi connectivity index (χ0n) is 21.7. The first kappa shape index (κ1) is 28.9. The van der Waals surface area contributed by atoms with Crippen LogP contribution >= 0.6 is 0 Å². The summed E-state index contributed by atoms with van der Waals surface area (Å²) in [7, 11) is 0. The number of amides is 2. The van der Waals surface area contributed by atoms with Crippen molar-refractivity contribution in [2.75, 3.05) is 6.54 Å². The summed E-state index contributed by atoms with van der Waals surface area (Å²) in [6.07, 6.45) is 2.97. The molecule has 0 unspecified atom stereocenters. The van der Waals surface area contributed by atoms with E-state index < -0.39 is 6.10 Å². The quantitative estimate of drug-likeness (QED) is 0.144. The third-order valence-corrected chi connectivity index (χ3v) is 6.40. The smallest absolute Gasteiger partial charge is 0.251 e. The van der Waals surface area contributed by atoms with E-state index in [-0.39, 0.29) is 36.5 Å². The molecule has 3 aromatic carbocycles. The number of halogens is 2. The minimum atomic E-state index is -0.516. The highest BCUT2D eigenvalue weighted by Crippen LogP contribution is 2.32. The fraction of sp³-hybridized carbons (Fsp3) is 0.333. The summed E-state index contributed by atoms with van der Waals surface area (Å²) < 4.78 is 33.8. The van der Waals surface area contributed by atoms with Crippen molar-refractivity contribution in [3.8, 4) is 0 Å². The van der Waals surface area contributed by atoms with E-state index in [2.05, 4.69) is 5.32 Å². The van der Waals surface area contributed by atoms with Gasteiger partial charge in [-0.3, -0.25) is 14.8 Å². The van der Waals surface area contributed by atoms with Crippen molar-refractivity contribution in [2.45, 2.75) is 58.7 Å². The first-order chi connectivity index (χ1) is 18.3. The van der Waals surface area contributed by atoms with Crippen LogP contribution in [0.5, 0.6) is 0 Å². The van der Waals surface area contributed by atoms with E-state index in [1.165, 1.54) is 24.3 Å². The van der Waals surface area contributed by atoms with Gasteiger partial charge >= 0.3 is 0 Å². The summed E-state index contributed by atoms with van der Waals surface area (Å²) in [4.78, 5) is 23.4. The Balaban J connectivity index is 1.57. The third-order valence-electron chi connectivity index (χ3n) is 6.40. The van der Waals surface area contributed by atoms with E-state index >= 15 is 0 Å². The van der Waals surface area contributed by atoms with Crippen molar-refractivity contribution in [3.05, 3.63) is 106 Å². The number of aryl methyl sites for hydroxylation is 2. The molecule has 6 nitrogen and oxygen atoms in total. The Bertz CT molecular complexity index is 1180. The molecule has 38 heavy (non-hydrogen) atoms. The van der Waals surface area contributed by atoms with Crippen molar-refractivity contribution in [1.82, 2.24) is 10.8 Å². The average Bonchev–Trinajstić information content (AvgIpc) is 2.90. The lowest BCUT2D eigenvalue weighted by Gasteiger charge is -2.23. The molecule has 0 saturated heterocycles. The third kappa shape index (κ3) is 8.46. The van der Waals surface area contributed by atoms with E-state index in [0.717, 1.165) is 47.1 Å². The summed E-state index contributed by atoms with van der Waals surface area (Å²) in [5, 5.41) is 11.4. The number of carbonyl (C=O) groups excluding carboxylic acids is 2. The van der Waals surface area contributed by atoms with Gasteiger partial charge in [0.25, 0.3) is 5.91 Å². The van der Waals surface area contributed by atoms with Gasteiger partial charge in [0, 0.05) is 18.5 Å². The van der Waals surface area contributed by atoms with E-state index in [0.29, 0.717) is 18.5 Å². The fourth-order valence-corrected chi connectivity index (χ4v) is 4.27. The average molecular weight is 525 g/mol. The molecular weight excluding hydrogens is 490 g/mol. The van der Waals surface area contributed by atoms with Gasteiger partial charge in [0.15, 0.2) is 0 Å². The first-order valence-corrected chi connectivity index (χ1v) is 12.7. The van der Waals surface area contributed by atoms with Crippen molar-refractivity contribution in [2.24, 2.45) is 0 Å². The molecule has 0 spiro atoms. The van der Waals surface area contributed by atoms with Crippen LogP contribution in [0, 0.1) is 25.5 Å². The molecule has 0 radical (unpaired) electrons. The molecule has 2 amide bonds. The molecule has 0 aromatic heterocycles. The number of unbranched alkanes of at least 4 members (excludes halogenated alkanes) is 3.